The van der Waals surface area contributed by atoms with Crippen LogP contribution in [0.15, 0.2) is 0 Å². The second-order valence-electron chi connectivity index (χ2n) is 5.99. The highest BCUT2D eigenvalue weighted by Gasteiger charge is 2.38. The van der Waals surface area contributed by atoms with Crippen molar-refractivity contribution in [3.8, 4) is 0 Å². The predicted molar refractivity (Wildman–Crippen MR) is 73.4 cm³/mol. The van der Waals surface area contributed by atoms with Crippen LogP contribution in [0.4, 0.5) is 0 Å². The summed E-state index contributed by atoms with van der Waals surface area (Å²) in [4.78, 5) is 2.61. The molecule has 0 aromatic rings. The van der Waals surface area contributed by atoms with Crippen molar-refractivity contribution in [1.29, 1.82) is 0 Å². The van der Waals surface area contributed by atoms with E-state index in [1.165, 1.54) is 13.0 Å². The second kappa shape index (κ2) is 6.17. The Hall–Kier alpha value is -0.120. The maximum Gasteiger partial charge on any atom is 0.0641 e. The van der Waals surface area contributed by atoms with Crippen molar-refractivity contribution in [2.75, 3.05) is 26.8 Å². The van der Waals surface area contributed by atoms with Gasteiger partial charge in [0, 0.05) is 31.3 Å². The molecule has 3 unspecified atom stereocenters. The number of methoxy groups -OCH3 is 1. The number of nitrogens with one attached hydrogen (secondary N) is 1. The van der Waals surface area contributed by atoms with Crippen molar-refractivity contribution in [2.45, 2.75) is 58.7 Å². The molecule has 102 valence electrons. The van der Waals surface area contributed by atoms with Gasteiger partial charge in [-0.1, -0.05) is 13.8 Å². The molecule has 0 aromatic heterocycles. The molecule has 3 nitrogen and oxygen atoms in total. The van der Waals surface area contributed by atoms with E-state index < -0.39 is 0 Å². The molecule has 0 bridgehead atoms. The van der Waals surface area contributed by atoms with Gasteiger partial charge >= 0.3 is 0 Å². The molecule has 1 fully saturated rings. The Morgan fingerprint density at radius 1 is 1.35 bits per heavy atom. The highest BCUT2D eigenvalue weighted by molar-refractivity contribution is 4.95. The Bertz CT molecular complexity index is 230. The van der Waals surface area contributed by atoms with Crippen molar-refractivity contribution in [3.05, 3.63) is 0 Å². The number of likely N-dealkylation sites (tertiary alicyclic amines) is 1. The van der Waals surface area contributed by atoms with E-state index in [9.17, 15) is 0 Å². The van der Waals surface area contributed by atoms with E-state index in [0.717, 1.165) is 13.2 Å². The van der Waals surface area contributed by atoms with Gasteiger partial charge in [-0.3, -0.25) is 4.90 Å². The molecule has 0 saturated carbocycles. The van der Waals surface area contributed by atoms with Gasteiger partial charge in [-0.05, 0) is 39.7 Å². The van der Waals surface area contributed by atoms with E-state index in [0.29, 0.717) is 18.0 Å². The third-order valence-corrected chi connectivity index (χ3v) is 4.31. The number of hydrogen-bond donors (Lipinski definition) is 1. The summed E-state index contributed by atoms with van der Waals surface area (Å²) in [5, 5.41) is 3.61. The van der Waals surface area contributed by atoms with Crippen molar-refractivity contribution in [1.82, 2.24) is 10.2 Å². The lowest BCUT2D eigenvalue weighted by atomic mass is 9.84. The van der Waals surface area contributed by atoms with E-state index in [1.807, 2.05) is 0 Å². The van der Waals surface area contributed by atoms with Crippen LogP contribution in [-0.4, -0.2) is 49.3 Å². The smallest absolute Gasteiger partial charge is 0.0641 e. The van der Waals surface area contributed by atoms with Crippen molar-refractivity contribution < 1.29 is 4.74 Å². The Labute approximate surface area is 107 Å². The van der Waals surface area contributed by atoms with Gasteiger partial charge in [-0.2, -0.15) is 0 Å². The first-order valence-electron chi connectivity index (χ1n) is 6.93. The molecule has 17 heavy (non-hydrogen) atoms. The summed E-state index contributed by atoms with van der Waals surface area (Å²) in [7, 11) is 1.79. The zero-order valence-electron chi connectivity index (χ0n) is 12.4. The van der Waals surface area contributed by atoms with Gasteiger partial charge in [0.2, 0.25) is 0 Å². The molecule has 3 heteroatoms. The molecule has 0 spiro atoms. The summed E-state index contributed by atoms with van der Waals surface area (Å²) in [6.07, 6.45) is 1.24. The topological polar surface area (TPSA) is 24.5 Å². The summed E-state index contributed by atoms with van der Waals surface area (Å²) in [5.74, 6) is 0.694. The molecule has 1 saturated heterocycles. The Morgan fingerprint density at radius 2 is 2.00 bits per heavy atom. The molecule has 0 radical (unpaired) electrons. The molecule has 3 atom stereocenters. The predicted octanol–water partition coefficient (Wildman–Crippen LogP) is 2.12. The van der Waals surface area contributed by atoms with Crippen LogP contribution >= 0.6 is 0 Å². The van der Waals surface area contributed by atoms with Crippen molar-refractivity contribution in [2.24, 2.45) is 5.92 Å². The van der Waals surface area contributed by atoms with E-state index in [-0.39, 0.29) is 5.54 Å². The van der Waals surface area contributed by atoms with Gasteiger partial charge in [-0.15, -0.1) is 0 Å². The van der Waals surface area contributed by atoms with Crippen LogP contribution in [-0.2, 0) is 4.74 Å². The SMILES string of the molecule is CCNC1CCN(C(C)(C)COC)C(C)C1C. The molecule has 1 heterocycles. The normalized spacial score (nSPS) is 31.8. The number of piperidine rings is 1. The van der Waals surface area contributed by atoms with Gasteiger partial charge in [0.05, 0.1) is 6.61 Å². The number of ether oxygens (including phenoxy) is 1. The third-order valence-electron chi connectivity index (χ3n) is 4.31. The Morgan fingerprint density at radius 3 is 2.53 bits per heavy atom. The van der Waals surface area contributed by atoms with Gasteiger partial charge in [-0.25, -0.2) is 0 Å². The quantitative estimate of drug-likeness (QED) is 0.799. The van der Waals surface area contributed by atoms with Crippen LogP contribution in [0, 0.1) is 5.92 Å². The van der Waals surface area contributed by atoms with E-state index >= 15 is 0 Å². The van der Waals surface area contributed by atoms with Crippen LogP contribution < -0.4 is 5.32 Å². The minimum Gasteiger partial charge on any atom is -0.383 e. The monoisotopic (exact) mass is 242 g/mol. The molecule has 1 rings (SSSR count). The first-order chi connectivity index (χ1) is 7.94. The fourth-order valence-corrected chi connectivity index (χ4v) is 3.20. The largest absolute Gasteiger partial charge is 0.383 e. The molecule has 1 aliphatic rings. The summed E-state index contributed by atoms with van der Waals surface area (Å²) < 4.78 is 5.36. The lowest BCUT2D eigenvalue weighted by Gasteiger charge is -2.50. The van der Waals surface area contributed by atoms with Crippen LogP contribution in [0.5, 0.6) is 0 Å². The van der Waals surface area contributed by atoms with Gasteiger partial charge in [0.25, 0.3) is 0 Å². The second-order valence-corrected chi connectivity index (χ2v) is 5.99. The molecular formula is C14H30N2O. The first-order valence-corrected chi connectivity index (χ1v) is 6.93. The maximum atomic E-state index is 5.36. The van der Waals surface area contributed by atoms with Crippen molar-refractivity contribution in [3.63, 3.8) is 0 Å². The fraction of sp³-hybridized carbons (Fsp3) is 1.00. The minimum atomic E-state index is 0.139. The lowest BCUT2D eigenvalue weighted by molar-refractivity contribution is -0.0327. The zero-order valence-corrected chi connectivity index (χ0v) is 12.4. The van der Waals surface area contributed by atoms with Crippen molar-refractivity contribution >= 4 is 0 Å². The molecule has 1 N–H and O–H groups in total. The van der Waals surface area contributed by atoms with E-state index in [4.69, 9.17) is 4.74 Å². The number of hydrogen-bond acceptors (Lipinski definition) is 3. The molecule has 1 aliphatic heterocycles. The van der Waals surface area contributed by atoms with Crippen LogP contribution in [0.25, 0.3) is 0 Å². The Balaban J connectivity index is 2.67. The molecular weight excluding hydrogens is 212 g/mol. The number of nitrogens with zero attached hydrogens (tertiary/aromatic N) is 1. The van der Waals surface area contributed by atoms with Gasteiger partial charge in [0.15, 0.2) is 0 Å². The highest BCUT2D eigenvalue weighted by atomic mass is 16.5. The van der Waals surface area contributed by atoms with Crippen LogP contribution in [0.2, 0.25) is 0 Å². The lowest BCUT2D eigenvalue weighted by Crippen LogP contribution is -2.60. The summed E-state index contributed by atoms with van der Waals surface area (Å²) in [6, 6.07) is 1.28. The highest BCUT2D eigenvalue weighted by Crippen LogP contribution is 2.30. The maximum absolute atomic E-state index is 5.36. The van der Waals surface area contributed by atoms with E-state index in [1.54, 1.807) is 7.11 Å². The van der Waals surface area contributed by atoms with Crippen LogP contribution in [0.3, 0.4) is 0 Å². The van der Waals surface area contributed by atoms with Gasteiger partial charge in [0.1, 0.15) is 0 Å². The summed E-state index contributed by atoms with van der Waals surface area (Å²) in [6.45, 7) is 14.5. The zero-order chi connectivity index (χ0) is 13.1. The third kappa shape index (κ3) is 3.43. The Kier molecular flexibility index (Phi) is 5.42. The average Bonchev–Trinajstić information content (AvgIpc) is 2.24. The molecule has 0 amide bonds. The fourth-order valence-electron chi connectivity index (χ4n) is 3.20. The number of rotatable bonds is 5. The van der Waals surface area contributed by atoms with E-state index in [2.05, 4.69) is 44.8 Å². The first kappa shape index (κ1) is 14.9. The molecule has 0 aliphatic carbocycles. The molecule has 0 aromatic carbocycles. The standard InChI is InChI=1S/C14H30N2O/c1-7-15-13-8-9-16(12(3)11(13)2)14(4,5)10-17-6/h11-13,15H,7-10H2,1-6H3. The van der Waals surface area contributed by atoms with Gasteiger partial charge < -0.3 is 10.1 Å². The summed E-state index contributed by atoms with van der Waals surface area (Å²) in [5.41, 5.74) is 0.139. The van der Waals surface area contributed by atoms with Crippen LogP contribution in [0.1, 0.15) is 41.0 Å². The summed E-state index contributed by atoms with van der Waals surface area (Å²) >= 11 is 0. The minimum absolute atomic E-state index is 0.139. The average molecular weight is 242 g/mol.